The van der Waals surface area contributed by atoms with Crippen LogP contribution in [0.1, 0.15) is 12.8 Å². The van der Waals surface area contributed by atoms with Gasteiger partial charge in [0.2, 0.25) is 11.5 Å². The minimum absolute atomic E-state index is 0.312. The van der Waals surface area contributed by atoms with Gasteiger partial charge in [-0.25, -0.2) is 14.2 Å². The number of carbonyl (C=O) groups excluding carboxylic acids is 1. The van der Waals surface area contributed by atoms with Gasteiger partial charge in [0.1, 0.15) is 5.82 Å². The normalized spacial score (nSPS) is 15.1. The molecule has 23 heavy (non-hydrogen) atoms. The van der Waals surface area contributed by atoms with Crippen LogP contribution in [-0.4, -0.2) is 34.9 Å². The molecule has 0 atom stereocenters. The number of nitrogens with zero attached hydrogens (tertiary/aromatic N) is 2. The van der Waals surface area contributed by atoms with Crippen molar-refractivity contribution in [3.8, 4) is 17.1 Å². The SMILES string of the molecule is COC(=O)C1(Oc2cc(-c3ccc(F)cc3)nc(SC)n2)CC1. The zero-order chi connectivity index (χ0) is 16.4. The molecule has 0 unspecified atom stereocenters. The molecular weight excluding hydrogens is 319 g/mol. The molecule has 2 aromatic rings. The van der Waals surface area contributed by atoms with Crippen LogP contribution in [0.15, 0.2) is 35.5 Å². The summed E-state index contributed by atoms with van der Waals surface area (Å²) in [7, 11) is 1.34. The number of thioether (sulfide) groups is 1. The molecule has 1 aromatic carbocycles. The van der Waals surface area contributed by atoms with Crippen molar-refractivity contribution < 1.29 is 18.7 Å². The monoisotopic (exact) mass is 334 g/mol. The van der Waals surface area contributed by atoms with Gasteiger partial charge >= 0.3 is 5.97 Å². The summed E-state index contributed by atoms with van der Waals surface area (Å²) in [5, 5.41) is 0.516. The third-order valence-corrected chi connectivity index (χ3v) is 4.11. The van der Waals surface area contributed by atoms with Gasteiger partial charge in [-0.1, -0.05) is 11.8 Å². The molecule has 7 heteroatoms. The van der Waals surface area contributed by atoms with Crippen LogP contribution in [0.2, 0.25) is 0 Å². The number of benzene rings is 1. The lowest BCUT2D eigenvalue weighted by atomic mass is 10.1. The van der Waals surface area contributed by atoms with Crippen LogP contribution < -0.4 is 4.74 Å². The maximum absolute atomic E-state index is 13.1. The van der Waals surface area contributed by atoms with Gasteiger partial charge < -0.3 is 9.47 Å². The van der Waals surface area contributed by atoms with Crippen LogP contribution in [0.4, 0.5) is 4.39 Å². The van der Waals surface area contributed by atoms with E-state index in [0.717, 1.165) is 5.56 Å². The molecule has 1 saturated carbocycles. The van der Waals surface area contributed by atoms with Crippen LogP contribution >= 0.6 is 11.8 Å². The van der Waals surface area contributed by atoms with Crippen LogP contribution in [0.25, 0.3) is 11.3 Å². The number of methoxy groups -OCH3 is 1. The molecule has 0 saturated heterocycles. The maximum Gasteiger partial charge on any atom is 0.350 e. The topological polar surface area (TPSA) is 61.3 Å². The van der Waals surface area contributed by atoms with Gasteiger partial charge in [0.25, 0.3) is 0 Å². The summed E-state index contributed by atoms with van der Waals surface area (Å²) in [5.41, 5.74) is 0.427. The number of halogens is 1. The third-order valence-electron chi connectivity index (χ3n) is 3.57. The van der Waals surface area contributed by atoms with E-state index in [1.165, 1.54) is 31.0 Å². The highest BCUT2D eigenvalue weighted by Gasteiger charge is 2.54. The average Bonchev–Trinajstić information content (AvgIpc) is 3.35. The highest BCUT2D eigenvalue weighted by molar-refractivity contribution is 7.98. The van der Waals surface area contributed by atoms with Crippen molar-refractivity contribution in [1.82, 2.24) is 9.97 Å². The molecular formula is C16H15FN2O3S. The maximum atomic E-state index is 13.1. The van der Waals surface area contributed by atoms with Gasteiger partial charge in [-0.2, -0.15) is 4.98 Å². The Morgan fingerprint density at radius 1 is 1.26 bits per heavy atom. The van der Waals surface area contributed by atoms with Crippen LogP contribution in [-0.2, 0) is 9.53 Å². The van der Waals surface area contributed by atoms with Gasteiger partial charge in [0.05, 0.1) is 12.8 Å². The fourth-order valence-corrected chi connectivity index (χ4v) is 2.53. The van der Waals surface area contributed by atoms with E-state index in [1.807, 2.05) is 6.26 Å². The van der Waals surface area contributed by atoms with Crippen molar-refractivity contribution in [3.05, 3.63) is 36.1 Å². The molecule has 1 heterocycles. The van der Waals surface area contributed by atoms with Crippen molar-refractivity contribution in [2.45, 2.75) is 23.6 Å². The lowest BCUT2D eigenvalue weighted by molar-refractivity contribution is -0.151. The van der Waals surface area contributed by atoms with Crippen LogP contribution in [0.5, 0.6) is 5.88 Å². The molecule has 1 aliphatic carbocycles. The summed E-state index contributed by atoms with van der Waals surface area (Å²) in [6.07, 6.45) is 3.05. The van der Waals surface area contributed by atoms with E-state index < -0.39 is 11.6 Å². The smallest absolute Gasteiger partial charge is 0.350 e. The van der Waals surface area contributed by atoms with E-state index in [2.05, 4.69) is 9.97 Å². The number of hydrogen-bond acceptors (Lipinski definition) is 6. The second kappa shape index (κ2) is 6.16. The Morgan fingerprint density at radius 3 is 2.52 bits per heavy atom. The Hall–Kier alpha value is -2.15. The van der Waals surface area contributed by atoms with Crippen LogP contribution in [0, 0.1) is 5.82 Å². The lowest BCUT2D eigenvalue weighted by Gasteiger charge is -2.15. The van der Waals surface area contributed by atoms with Gasteiger partial charge in [-0.05, 0) is 30.5 Å². The molecule has 0 spiro atoms. The molecule has 0 aliphatic heterocycles. The summed E-state index contributed by atoms with van der Waals surface area (Å²) < 4.78 is 23.6. The standard InChI is InChI=1S/C16H15FN2O3S/c1-21-14(20)16(7-8-16)22-13-9-12(18-15(19-13)23-2)10-3-5-11(17)6-4-10/h3-6,9H,7-8H2,1-2H3. The zero-order valence-corrected chi connectivity index (χ0v) is 13.5. The summed E-state index contributed by atoms with van der Waals surface area (Å²) in [4.78, 5) is 20.5. The Morgan fingerprint density at radius 2 is 1.96 bits per heavy atom. The van der Waals surface area contributed by atoms with Gasteiger partial charge in [0, 0.05) is 24.5 Å². The van der Waals surface area contributed by atoms with Crippen molar-refractivity contribution in [2.75, 3.05) is 13.4 Å². The van der Waals surface area contributed by atoms with E-state index in [0.29, 0.717) is 29.6 Å². The number of carbonyl (C=O) groups is 1. The first-order chi connectivity index (χ1) is 11.1. The molecule has 0 amide bonds. The Balaban J connectivity index is 1.93. The lowest BCUT2D eigenvalue weighted by Crippen LogP contribution is -2.31. The number of esters is 1. The number of ether oxygens (including phenoxy) is 2. The first kappa shape index (κ1) is 15.7. The number of rotatable bonds is 5. The quantitative estimate of drug-likeness (QED) is 0.476. The van der Waals surface area contributed by atoms with E-state index in [4.69, 9.17) is 9.47 Å². The first-order valence-electron chi connectivity index (χ1n) is 7.03. The molecule has 120 valence electrons. The summed E-state index contributed by atoms with van der Waals surface area (Å²) in [5.74, 6) is -0.399. The largest absolute Gasteiger partial charge is 0.466 e. The van der Waals surface area contributed by atoms with Crippen molar-refractivity contribution >= 4 is 17.7 Å². The second-order valence-electron chi connectivity index (χ2n) is 5.17. The minimum Gasteiger partial charge on any atom is -0.466 e. The summed E-state index contributed by atoms with van der Waals surface area (Å²) in [6, 6.07) is 7.66. The predicted molar refractivity (Wildman–Crippen MR) is 83.8 cm³/mol. The van der Waals surface area contributed by atoms with Crippen LogP contribution in [0.3, 0.4) is 0 Å². The third kappa shape index (κ3) is 3.29. The first-order valence-corrected chi connectivity index (χ1v) is 8.25. The number of aromatic nitrogens is 2. The van der Waals surface area contributed by atoms with E-state index >= 15 is 0 Å². The van der Waals surface area contributed by atoms with E-state index in [1.54, 1.807) is 18.2 Å². The summed E-state index contributed by atoms with van der Waals surface area (Å²) in [6.45, 7) is 0. The van der Waals surface area contributed by atoms with Crippen molar-refractivity contribution in [1.29, 1.82) is 0 Å². The molecule has 0 N–H and O–H groups in total. The van der Waals surface area contributed by atoms with Crippen molar-refractivity contribution in [3.63, 3.8) is 0 Å². The van der Waals surface area contributed by atoms with Crippen molar-refractivity contribution in [2.24, 2.45) is 0 Å². The molecule has 1 fully saturated rings. The summed E-state index contributed by atoms with van der Waals surface area (Å²) >= 11 is 1.36. The number of hydrogen-bond donors (Lipinski definition) is 0. The molecule has 1 aromatic heterocycles. The van der Waals surface area contributed by atoms with Gasteiger partial charge in [-0.15, -0.1) is 0 Å². The fraction of sp³-hybridized carbons (Fsp3) is 0.312. The van der Waals surface area contributed by atoms with Gasteiger partial charge in [-0.3, -0.25) is 0 Å². The fourth-order valence-electron chi connectivity index (χ4n) is 2.16. The molecule has 3 rings (SSSR count). The highest BCUT2D eigenvalue weighted by atomic mass is 32.2. The average molecular weight is 334 g/mol. The Labute approximate surface area is 137 Å². The Bertz CT molecular complexity index is 733. The molecule has 1 aliphatic rings. The predicted octanol–water partition coefficient (Wildman–Crippen LogP) is 3.09. The van der Waals surface area contributed by atoms with E-state index in [9.17, 15) is 9.18 Å². The highest BCUT2D eigenvalue weighted by Crippen LogP contribution is 2.41. The zero-order valence-electron chi connectivity index (χ0n) is 12.7. The molecule has 5 nitrogen and oxygen atoms in total. The van der Waals surface area contributed by atoms with E-state index in [-0.39, 0.29) is 5.82 Å². The van der Waals surface area contributed by atoms with Gasteiger partial charge in [0.15, 0.2) is 5.16 Å². The molecule has 0 bridgehead atoms. The second-order valence-corrected chi connectivity index (χ2v) is 5.95. The Kier molecular flexibility index (Phi) is 4.21. The minimum atomic E-state index is -0.932. The molecule has 0 radical (unpaired) electrons.